The standard InChI is InChI=1S/C18H30/c1-7-17(10-14-8-15-11-18(14,15)17)16(5,6)9-13(4)12(2)3/h13-15H,2,7-11H2,1,3-6H3. The van der Waals surface area contributed by atoms with Gasteiger partial charge in [0.2, 0.25) is 0 Å². The predicted octanol–water partition coefficient (Wildman–Crippen LogP) is 5.44. The van der Waals surface area contributed by atoms with Crippen molar-refractivity contribution in [2.75, 3.05) is 0 Å². The molecule has 0 N–H and O–H groups in total. The van der Waals surface area contributed by atoms with Gasteiger partial charge >= 0.3 is 0 Å². The third-order valence-corrected chi connectivity index (χ3v) is 7.49. The molecule has 0 aromatic rings. The third-order valence-electron chi connectivity index (χ3n) is 7.49. The molecule has 5 unspecified atom stereocenters. The fourth-order valence-electron chi connectivity index (χ4n) is 6.25. The lowest BCUT2D eigenvalue weighted by Gasteiger charge is -2.69. The maximum atomic E-state index is 4.17. The molecule has 18 heavy (non-hydrogen) atoms. The average Bonchev–Trinajstić information content (AvgIpc) is 2.95. The van der Waals surface area contributed by atoms with Crippen molar-refractivity contribution in [3.63, 3.8) is 0 Å². The van der Waals surface area contributed by atoms with Crippen molar-refractivity contribution < 1.29 is 0 Å². The third kappa shape index (κ3) is 1.18. The molecule has 1 spiro atoms. The van der Waals surface area contributed by atoms with Gasteiger partial charge in [-0.25, -0.2) is 0 Å². The summed E-state index contributed by atoms with van der Waals surface area (Å²) in [5.41, 5.74) is 3.34. The van der Waals surface area contributed by atoms with Crippen LogP contribution in [0.4, 0.5) is 0 Å². The second-order valence-electron chi connectivity index (χ2n) is 8.35. The summed E-state index contributed by atoms with van der Waals surface area (Å²) in [5, 5.41) is 0. The minimum atomic E-state index is 0.492. The Hall–Kier alpha value is -0.260. The van der Waals surface area contributed by atoms with E-state index in [1.165, 1.54) is 24.8 Å². The van der Waals surface area contributed by atoms with E-state index in [1.807, 2.05) is 0 Å². The van der Waals surface area contributed by atoms with E-state index in [9.17, 15) is 0 Å². The molecular formula is C18H30. The number of hydrogen-bond acceptors (Lipinski definition) is 0. The molecule has 0 saturated heterocycles. The Labute approximate surface area is 113 Å². The Bertz CT molecular complexity index is 391. The van der Waals surface area contributed by atoms with E-state index in [-0.39, 0.29) is 0 Å². The van der Waals surface area contributed by atoms with Crippen molar-refractivity contribution in [2.24, 2.45) is 34.0 Å². The Kier molecular flexibility index (Phi) is 2.44. The molecule has 0 aromatic heterocycles. The maximum absolute atomic E-state index is 4.17. The summed E-state index contributed by atoms with van der Waals surface area (Å²) in [7, 11) is 0. The van der Waals surface area contributed by atoms with Crippen LogP contribution in [0.1, 0.15) is 66.7 Å². The minimum Gasteiger partial charge on any atom is -0.0999 e. The minimum absolute atomic E-state index is 0.492. The highest BCUT2D eigenvalue weighted by molar-refractivity contribution is 5.32. The molecule has 5 atom stereocenters. The zero-order valence-electron chi connectivity index (χ0n) is 13.0. The number of hydrogen-bond donors (Lipinski definition) is 0. The Morgan fingerprint density at radius 2 is 1.94 bits per heavy atom. The second kappa shape index (κ2) is 3.44. The lowest BCUT2D eigenvalue weighted by molar-refractivity contribution is -0.209. The first-order valence-electron chi connectivity index (χ1n) is 7.96. The van der Waals surface area contributed by atoms with Crippen LogP contribution >= 0.6 is 0 Å². The molecule has 0 bridgehead atoms. The highest BCUT2D eigenvalue weighted by Gasteiger charge is 2.84. The van der Waals surface area contributed by atoms with E-state index in [0.717, 1.165) is 17.3 Å². The molecule has 3 saturated carbocycles. The van der Waals surface area contributed by atoms with E-state index in [1.54, 1.807) is 12.8 Å². The molecule has 0 heteroatoms. The Balaban J connectivity index is 1.82. The van der Waals surface area contributed by atoms with Gasteiger partial charge in [-0.1, -0.05) is 39.8 Å². The topological polar surface area (TPSA) is 0 Å². The monoisotopic (exact) mass is 246 g/mol. The summed E-state index contributed by atoms with van der Waals surface area (Å²) in [6.45, 7) is 16.3. The molecule has 3 aliphatic carbocycles. The van der Waals surface area contributed by atoms with Crippen molar-refractivity contribution in [1.29, 1.82) is 0 Å². The van der Waals surface area contributed by atoms with Crippen LogP contribution in [0.3, 0.4) is 0 Å². The molecular weight excluding hydrogens is 216 g/mol. The van der Waals surface area contributed by atoms with Crippen molar-refractivity contribution >= 4 is 0 Å². The van der Waals surface area contributed by atoms with Crippen LogP contribution in [-0.2, 0) is 0 Å². The molecule has 3 rings (SSSR count). The molecule has 0 amide bonds. The van der Waals surface area contributed by atoms with Crippen LogP contribution < -0.4 is 0 Å². The second-order valence-corrected chi connectivity index (χ2v) is 8.35. The van der Waals surface area contributed by atoms with Crippen molar-refractivity contribution in [1.82, 2.24) is 0 Å². The van der Waals surface area contributed by atoms with Crippen LogP contribution in [0.2, 0.25) is 0 Å². The van der Waals surface area contributed by atoms with Crippen LogP contribution in [0, 0.1) is 34.0 Å². The average molecular weight is 246 g/mol. The molecule has 102 valence electrons. The van der Waals surface area contributed by atoms with Gasteiger partial charge in [0.25, 0.3) is 0 Å². The van der Waals surface area contributed by atoms with Gasteiger partial charge < -0.3 is 0 Å². The molecule has 0 aromatic carbocycles. The van der Waals surface area contributed by atoms with E-state index in [4.69, 9.17) is 0 Å². The SMILES string of the molecule is C=C(C)C(C)CC(C)(C)C1(CC)CC2CC3CC321. The molecule has 0 radical (unpaired) electrons. The van der Waals surface area contributed by atoms with Crippen molar-refractivity contribution in [3.05, 3.63) is 12.2 Å². The van der Waals surface area contributed by atoms with Crippen LogP contribution in [0.25, 0.3) is 0 Å². The summed E-state index contributed by atoms with van der Waals surface area (Å²) in [6, 6.07) is 0. The lowest BCUT2D eigenvalue weighted by atomic mass is 9.35. The first kappa shape index (κ1) is 12.8. The fourth-order valence-corrected chi connectivity index (χ4v) is 6.25. The van der Waals surface area contributed by atoms with Gasteiger partial charge in [0.15, 0.2) is 0 Å². The number of allylic oxidation sites excluding steroid dienone is 1. The first-order chi connectivity index (χ1) is 8.31. The van der Waals surface area contributed by atoms with Crippen molar-refractivity contribution in [2.45, 2.75) is 66.7 Å². The maximum Gasteiger partial charge on any atom is -0.0176 e. The summed E-state index contributed by atoms with van der Waals surface area (Å²) < 4.78 is 0. The highest BCUT2D eigenvalue weighted by atomic mass is 14.9. The fraction of sp³-hybridized carbons (Fsp3) is 0.889. The molecule has 0 heterocycles. The van der Waals surface area contributed by atoms with E-state index in [0.29, 0.717) is 16.7 Å². The summed E-state index contributed by atoms with van der Waals surface area (Å²) >= 11 is 0. The zero-order valence-corrected chi connectivity index (χ0v) is 13.0. The van der Waals surface area contributed by atoms with Gasteiger partial charge in [0, 0.05) is 0 Å². The van der Waals surface area contributed by atoms with E-state index < -0.39 is 0 Å². The van der Waals surface area contributed by atoms with Crippen LogP contribution in [-0.4, -0.2) is 0 Å². The normalized spacial score (nSPS) is 46.3. The van der Waals surface area contributed by atoms with E-state index >= 15 is 0 Å². The summed E-state index contributed by atoms with van der Waals surface area (Å²) in [6.07, 6.45) is 7.38. The van der Waals surface area contributed by atoms with Gasteiger partial charge in [-0.2, -0.15) is 0 Å². The Morgan fingerprint density at radius 1 is 1.33 bits per heavy atom. The van der Waals surface area contributed by atoms with Crippen molar-refractivity contribution in [3.8, 4) is 0 Å². The predicted molar refractivity (Wildman–Crippen MR) is 78.4 cm³/mol. The summed E-state index contributed by atoms with van der Waals surface area (Å²) in [4.78, 5) is 0. The molecule has 0 nitrogen and oxygen atoms in total. The van der Waals surface area contributed by atoms with Crippen LogP contribution in [0.5, 0.6) is 0 Å². The molecule has 3 fully saturated rings. The van der Waals surface area contributed by atoms with Gasteiger partial charge in [-0.3, -0.25) is 0 Å². The van der Waals surface area contributed by atoms with E-state index in [2.05, 4.69) is 41.2 Å². The number of rotatable bonds is 5. The quantitative estimate of drug-likeness (QED) is 0.566. The Morgan fingerprint density at radius 3 is 2.33 bits per heavy atom. The van der Waals surface area contributed by atoms with Gasteiger partial charge in [0.05, 0.1) is 0 Å². The van der Waals surface area contributed by atoms with Crippen LogP contribution in [0.15, 0.2) is 12.2 Å². The molecule has 0 aliphatic heterocycles. The summed E-state index contributed by atoms with van der Waals surface area (Å²) in [5.74, 6) is 2.91. The highest BCUT2D eigenvalue weighted by Crippen LogP contribution is 2.91. The lowest BCUT2D eigenvalue weighted by Crippen LogP contribution is -2.62. The molecule has 3 aliphatic rings. The largest absolute Gasteiger partial charge is 0.0999 e. The van der Waals surface area contributed by atoms with Gasteiger partial charge in [-0.05, 0) is 73.0 Å². The zero-order chi connectivity index (χ0) is 13.3. The smallest absolute Gasteiger partial charge is 0.0176 e. The first-order valence-corrected chi connectivity index (χ1v) is 7.96. The van der Waals surface area contributed by atoms with Gasteiger partial charge in [0.1, 0.15) is 0 Å². The van der Waals surface area contributed by atoms with Gasteiger partial charge in [-0.15, -0.1) is 0 Å².